The van der Waals surface area contributed by atoms with Gasteiger partial charge in [0.05, 0.1) is 17.3 Å². The Morgan fingerprint density at radius 3 is 2.00 bits per heavy atom. The molecule has 4 heteroatoms. The number of aromatic nitrogens is 2. The Hall–Kier alpha value is -2.23. The Balaban J connectivity index is 2.12. The largest absolute Gasteiger partial charge is 0.445 e. The summed E-state index contributed by atoms with van der Waals surface area (Å²) in [6, 6.07) is 11.6. The first kappa shape index (κ1) is 18.6. The molecule has 1 aliphatic heterocycles. The van der Waals surface area contributed by atoms with Gasteiger partial charge in [0, 0.05) is 18.3 Å². The van der Waals surface area contributed by atoms with Gasteiger partial charge >= 0.3 is 5.97 Å². The summed E-state index contributed by atoms with van der Waals surface area (Å²) in [6.45, 7) is 4.34. The number of hydrogen-bond acceptors (Lipinski definition) is 4. The number of pyridine rings is 2. The summed E-state index contributed by atoms with van der Waals surface area (Å²) in [5, 5.41) is 0. The van der Waals surface area contributed by atoms with Gasteiger partial charge in [-0.3, -0.25) is 14.8 Å². The van der Waals surface area contributed by atoms with Crippen LogP contribution in [0.2, 0.25) is 0 Å². The van der Waals surface area contributed by atoms with E-state index < -0.39 is 5.60 Å². The third-order valence-corrected chi connectivity index (χ3v) is 5.40. The number of cyclic esters (lactones) is 1. The lowest BCUT2D eigenvalue weighted by atomic mass is 9.72. The van der Waals surface area contributed by atoms with Gasteiger partial charge < -0.3 is 4.74 Å². The molecule has 0 spiro atoms. The molecule has 1 aliphatic rings. The van der Waals surface area contributed by atoms with E-state index in [1.54, 1.807) is 12.4 Å². The highest BCUT2D eigenvalue weighted by molar-refractivity contribution is 5.77. The lowest BCUT2D eigenvalue weighted by Crippen LogP contribution is -2.37. The number of nitrogens with zero attached hydrogens (tertiary/aromatic N) is 2. The zero-order valence-corrected chi connectivity index (χ0v) is 15.7. The molecule has 0 aromatic carbocycles. The lowest BCUT2D eigenvalue weighted by Gasteiger charge is -2.33. The molecule has 0 saturated carbocycles. The van der Waals surface area contributed by atoms with Crippen molar-refractivity contribution >= 4 is 5.97 Å². The molecule has 0 N–H and O–H groups in total. The second-order valence-electron chi connectivity index (χ2n) is 7.08. The monoisotopic (exact) mass is 352 g/mol. The summed E-state index contributed by atoms with van der Waals surface area (Å²) in [4.78, 5) is 22.1. The van der Waals surface area contributed by atoms with Gasteiger partial charge in [0.1, 0.15) is 0 Å². The fourth-order valence-electron chi connectivity index (χ4n) is 4.11. The molecule has 3 rings (SSSR count). The van der Waals surface area contributed by atoms with Gasteiger partial charge in [-0.15, -0.1) is 0 Å². The van der Waals surface area contributed by atoms with Crippen molar-refractivity contribution in [2.75, 3.05) is 0 Å². The van der Waals surface area contributed by atoms with Crippen molar-refractivity contribution in [3.63, 3.8) is 0 Å². The number of carbonyl (C=O) groups is 1. The predicted molar refractivity (Wildman–Crippen MR) is 101 cm³/mol. The number of rotatable bonds is 8. The maximum absolute atomic E-state index is 12.9. The molecule has 4 nitrogen and oxygen atoms in total. The molecule has 0 unspecified atom stereocenters. The number of hydrogen-bond donors (Lipinski definition) is 0. The minimum Gasteiger partial charge on any atom is -0.445 e. The fourth-order valence-corrected chi connectivity index (χ4v) is 4.11. The van der Waals surface area contributed by atoms with Crippen molar-refractivity contribution in [2.24, 2.45) is 11.8 Å². The Bertz CT molecular complexity index is 663. The van der Waals surface area contributed by atoms with Crippen molar-refractivity contribution in [3.05, 3.63) is 60.2 Å². The fraction of sp³-hybridized carbons (Fsp3) is 0.500. The van der Waals surface area contributed by atoms with Gasteiger partial charge in [-0.25, -0.2) is 0 Å². The summed E-state index contributed by atoms with van der Waals surface area (Å²) < 4.78 is 6.18. The van der Waals surface area contributed by atoms with Crippen LogP contribution in [0.3, 0.4) is 0 Å². The molecule has 0 bridgehead atoms. The molecule has 0 amide bonds. The minimum atomic E-state index is -0.882. The standard InChI is InChI=1S/C22H28N2O2/c1-3-5-11-17-18(12-6-4-2)22(26-21(17)25,19-13-7-9-15-23-19)20-14-8-10-16-24-20/h7-10,13-18H,3-6,11-12H2,1-2H3/t17-,18+/m1/s1. The number of ether oxygens (including phenoxy) is 1. The van der Waals surface area contributed by atoms with E-state index in [1.165, 1.54) is 0 Å². The molecular weight excluding hydrogens is 324 g/mol. The Morgan fingerprint density at radius 1 is 0.923 bits per heavy atom. The SMILES string of the molecule is CCCC[C@H]1C(=O)OC(c2ccccn2)(c2ccccn2)[C@H]1CCCC. The Kier molecular flexibility index (Phi) is 6.02. The summed E-state index contributed by atoms with van der Waals surface area (Å²) in [5.74, 6) is -0.132. The zero-order valence-electron chi connectivity index (χ0n) is 15.7. The van der Waals surface area contributed by atoms with Gasteiger partial charge in [-0.05, 0) is 37.1 Å². The van der Waals surface area contributed by atoms with Crippen LogP contribution in [-0.2, 0) is 15.1 Å². The highest BCUT2D eigenvalue weighted by atomic mass is 16.6. The van der Waals surface area contributed by atoms with Crippen LogP contribution in [-0.4, -0.2) is 15.9 Å². The number of carbonyl (C=O) groups excluding carboxylic acids is 1. The van der Waals surface area contributed by atoms with Crippen LogP contribution in [0.4, 0.5) is 0 Å². The molecule has 0 radical (unpaired) electrons. The van der Waals surface area contributed by atoms with Crippen LogP contribution in [0, 0.1) is 11.8 Å². The Morgan fingerprint density at radius 2 is 1.50 bits per heavy atom. The van der Waals surface area contributed by atoms with Crippen LogP contribution in [0.1, 0.15) is 63.8 Å². The van der Waals surface area contributed by atoms with Gasteiger partial charge in [0.2, 0.25) is 0 Å². The molecule has 2 aromatic heterocycles. The van der Waals surface area contributed by atoms with E-state index in [4.69, 9.17) is 4.74 Å². The average Bonchev–Trinajstić information content (AvgIpc) is 2.98. The van der Waals surface area contributed by atoms with Crippen molar-refractivity contribution in [1.29, 1.82) is 0 Å². The van der Waals surface area contributed by atoms with Crippen LogP contribution in [0.15, 0.2) is 48.8 Å². The van der Waals surface area contributed by atoms with Gasteiger partial charge in [0.25, 0.3) is 0 Å². The van der Waals surface area contributed by atoms with Gasteiger partial charge in [-0.2, -0.15) is 0 Å². The van der Waals surface area contributed by atoms with E-state index in [0.29, 0.717) is 0 Å². The maximum atomic E-state index is 12.9. The van der Waals surface area contributed by atoms with Crippen molar-refractivity contribution in [1.82, 2.24) is 9.97 Å². The number of unbranched alkanes of at least 4 members (excludes halogenated alkanes) is 2. The summed E-state index contributed by atoms with van der Waals surface area (Å²) >= 11 is 0. The lowest BCUT2D eigenvalue weighted by molar-refractivity contribution is -0.149. The average molecular weight is 352 g/mol. The summed E-state index contributed by atoms with van der Waals surface area (Å²) in [5.41, 5.74) is 0.687. The van der Waals surface area contributed by atoms with E-state index in [-0.39, 0.29) is 17.8 Å². The van der Waals surface area contributed by atoms with Crippen LogP contribution in [0.5, 0.6) is 0 Å². The normalized spacial score (nSPS) is 21.5. The second-order valence-corrected chi connectivity index (χ2v) is 7.08. The van der Waals surface area contributed by atoms with Crippen LogP contribution < -0.4 is 0 Å². The highest BCUT2D eigenvalue weighted by Crippen LogP contribution is 2.51. The number of esters is 1. The van der Waals surface area contributed by atoms with Gasteiger partial charge in [0.15, 0.2) is 5.60 Å². The minimum absolute atomic E-state index is 0.0614. The van der Waals surface area contributed by atoms with Crippen molar-refractivity contribution < 1.29 is 9.53 Å². The maximum Gasteiger partial charge on any atom is 0.310 e. The third-order valence-electron chi connectivity index (χ3n) is 5.40. The first-order valence-electron chi connectivity index (χ1n) is 9.79. The topological polar surface area (TPSA) is 52.1 Å². The predicted octanol–water partition coefficient (Wildman–Crippen LogP) is 4.89. The van der Waals surface area contributed by atoms with E-state index >= 15 is 0 Å². The first-order valence-corrected chi connectivity index (χ1v) is 9.79. The molecule has 26 heavy (non-hydrogen) atoms. The molecular formula is C22H28N2O2. The summed E-state index contributed by atoms with van der Waals surface area (Å²) in [6.07, 6.45) is 9.59. The first-order chi connectivity index (χ1) is 12.7. The molecule has 0 aliphatic carbocycles. The molecule has 138 valence electrons. The summed E-state index contributed by atoms with van der Waals surface area (Å²) in [7, 11) is 0. The van der Waals surface area contributed by atoms with Crippen LogP contribution in [0.25, 0.3) is 0 Å². The van der Waals surface area contributed by atoms with E-state index in [9.17, 15) is 4.79 Å². The Labute approximate surface area is 156 Å². The van der Waals surface area contributed by atoms with Gasteiger partial charge in [-0.1, -0.05) is 51.7 Å². The second kappa shape index (κ2) is 8.43. The smallest absolute Gasteiger partial charge is 0.310 e. The van der Waals surface area contributed by atoms with Crippen LogP contribution >= 0.6 is 0 Å². The molecule has 2 aromatic rings. The molecule has 2 atom stereocenters. The van der Waals surface area contributed by atoms with E-state index in [2.05, 4.69) is 23.8 Å². The molecule has 3 heterocycles. The highest BCUT2D eigenvalue weighted by Gasteiger charge is 2.58. The molecule has 1 fully saturated rings. The van der Waals surface area contributed by atoms with Crippen molar-refractivity contribution in [2.45, 2.75) is 58.0 Å². The molecule has 1 saturated heterocycles. The third kappa shape index (κ3) is 3.37. The zero-order chi connectivity index (χ0) is 18.4. The quantitative estimate of drug-likeness (QED) is 0.635. The van der Waals surface area contributed by atoms with Crippen molar-refractivity contribution in [3.8, 4) is 0 Å². The van der Waals surface area contributed by atoms with E-state index in [0.717, 1.165) is 49.9 Å². The van der Waals surface area contributed by atoms with E-state index in [1.807, 2.05) is 36.4 Å².